The van der Waals surface area contributed by atoms with Crippen molar-refractivity contribution in [2.45, 2.75) is 18.9 Å². The number of benzene rings is 1. The molecule has 1 fully saturated rings. The molecular formula is C17H18FN5O2. The van der Waals surface area contributed by atoms with Crippen LogP contribution >= 0.6 is 0 Å². The summed E-state index contributed by atoms with van der Waals surface area (Å²) < 4.78 is 24.1. The van der Waals surface area contributed by atoms with Gasteiger partial charge >= 0.3 is 0 Å². The predicted octanol–water partition coefficient (Wildman–Crippen LogP) is 2.85. The van der Waals surface area contributed by atoms with E-state index in [2.05, 4.69) is 25.2 Å². The van der Waals surface area contributed by atoms with E-state index >= 15 is 0 Å². The second kappa shape index (κ2) is 6.54. The zero-order chi connectivity index (χ0) is 17.2. The molecule has 8 heteroatoms. The molecule has 7 nitrogen and oxygen atoms in total. The monoisotopic (exact) mass is 343 g/mol. The Kier molecular flexibility index (Phi) is 4.09. The Labute approximate surface area is 143 Å². The van der Waals surface area contributed by atoms with Crippen molar-refractivity contribution in [2.24, 2.45) is 0 Å². The predicted molar refractivity (Wildman–Crippen MR) is 91.4 cm³/mol. The lowest BCUT2D eigenvalue weighted by atomic mass is 10.1. The third kappa shape index (κ3) is 3.33. The highest BCUT2D eigenvalue weighted by Crippen LogP contribution is 2.26. The summed E-state index contributed by atoms with van der Waals surface area (Å²) in [5.41, 5.74) is 1.15. The molecule has 0 amide bonds. The molecule has 0 aliphatic carbocycles. The average Bonchev–Trinajstić information content (AvgIpc) is 3.05. The topological polar surface area (TPSA) is 76.3 Å². The van der Waals surface area contributed by atoms with Crippen molar-refractivity contribution in [3.63, 3.8) is 0 Å². The van der Waals surface area contributed by atoms with Crippen LogP contribution in [0.1, 0.15) is 12.8 Å². The first-order chi connectivity index (χ1) is 12.2. The van der Waals surface area contributed by atoms with Gasteiger partial charge in [0, 0.05) is 31.3 Å². The number of hydrogen-bond donors (Lipinski definition) is 1. The van der Waals surface area contributed by atoms with Gasteiger partial charge in [-0.2, -0.15) is 4.98 Å². The van der Waals surface area contributed by atoms with Gasteiger partial charge in [0.1, 0.15) is 23.5 Å². The summed E-state index contributed by atoms with van der Waals surface area (Å²) in [7, 11) is 1.58. The first-order valence-electron chi connectivity index (χ1n) is 8.15. The van der Waals surface area contributed by atoms with E-state index in [9.17, 15) is 4.39 Å². The normalized spacial score (nSPS) is 15.5. The van der Waals surface area contributed by atoms with Crippen molar-refractivity contribution in [3.8, 4) is 5.88 Å². The summed E-state index contributed by atoms with van der Waals surface area (Å²) in [5.74, 6) is 0.979. The minimum atomic E-state index is -0.310. The number of fused-ring (bicyclic) bond motifs is 1. The molecular weight excluding hydrogens is 325 g/mol. The molecule has 0 radical (unpaired) electrons. The molecule has 3 heterocycles. The number of aromatic nitrogens is 3. The second-order valence-corrected chi connectivity index (χ2v) is 5.96. The van der Waals surface area contributed by atoms with Gasteiger partial charge in [-0.25, -0.2) is 14.4 Å². The van der Waals surface area contributed by atoms with Crippen LogP contribution in [0.15, 0.2) is 35.0 Å². The van der Waals surface area contributed by atoms with E-state index in [0.717, 1.165) is 31.7 Å². The van der Waals surface area contributed by atoms with Crippen molar-refractivity contribution >= 4 is 22.9 Å². The number of oxazole rings is 1. The second-order valence-electron chi connectivity index (χ2n) is 5.96. The van der Waals surface area contributed by atoms with Gasteiger partial charge in [0.15, 0.2) is 5.58 Å². The molecule has 0 saturated carbocycles. The Balaban J connectivity index is 1.40. The van der Waals surface area contributed by atoms with E-state index in [-0.39, 0.29) is 5.82 Å². The fourth-order valence-corrected chi connectivity index (χ4v) is 2.98. The Hall–Kier alpha value is -2.90. The highest BCUT2D eigenvalue weighted by atomic mass is 19.1. The molecule has 1 aliphatic rings. The van der Waals surface area contributed by atoms with Gasteiger partial charge in [0.2, 0.25) is 5.88 Å². The smallest absolute Gasteiger partial charge is 0.298 e. The lowest BCUT2D eigenvalue weighted by Crippen LogP contribution is -2.39. The number of methoxy groups -OCH3 is 1. The van der Waals surface area contributed by atoms with Gasteiger partial charge < -0.3 is 19.4 Å². The summed E-state index contributed by atoms with van der Waals surface area (Å²) in [6.07, 6.45) is 3.31. The maximum Gasteiger partial charge on any atom is 0.298 e. The SMILES string of the molecule is COc1cc(NC2CCN(c3nc4cc(F)ccc4o3)CC2)ncn1. The van der Waals surface area contributed by atoms with E-state index in [1.807, 2.05) is 0 Å². The number of rotatable bonds is 4. The van der Waals surface area contributed by atoms with Crippen molar-refractivity contribution in [1.82, 2.24) is 15.0 Å². The van der Waals surface area contributed by atoms with Crippen LogP contribution in [0.3, 0.4) is 0 Å². The minimum absolute atomic E-state index is 0.303. The van der Waals surface area contributed by atoms with Gasteiger partial charge in [0.05, 0.1) is 7.11 Å². The van der Waals surface area contributed by atoms with Crippen LogP contribution in [0.25, 0.3) is 11.1 Å². The van der Waals surface area contributed by atoms with E-state index in [0.29, 0.717) is 29.0 Å². The van der Waals surface area contributed by atoms with Crippen molar-refractivity contribution in [3.05, 3.63) is 36.4 Å². The number of hydrogen-bond acceptors (Lipinski definition) is 7. The molecule has 25 heavy (non-hydrogen) atoms. The Morgan fingerprint density at radius 2 is 2.08 bits per heavy atom. The third-order valence-corrected chi connectivity index (χ3v) is 4.31. The number of piperidine rings is 1. The lowest BCUT2D eigenvalue weighted by Gasteiger charge is -2.31. The van der Waals surface area contributed by atoms with Crippen molar-refractivity contribution in [1.29, 1.82) is 0 Å². The Morgan fingerprint density at radius 3 is 2.88 bits per heavy atom. The van der Waals surface area contributed by atoms with Crippen LogP contribution in [0.5, 0.6) is 5.88 Å². The Bertz CT molecular complexity index is 876. The fraction of sp³-hybridized carbons (Fsp3) is 0.353. The highest BCUT2D eigenvalue weighted by molar-refractivity contribution is 5.74. The summed E-state index contributed by atoms with van der Waals surface area (Å²) in [6, 6.07) is 7.00. The summed E-state index contributed by atoms with van der Waals surface area (Å²) >= 11 is 0. The molecule has 1 aromatic carbocycles. The molecule has 0 unspecified atom stereocenters. The van der Waals surface area contributed by atoms with Crippen LogP contribution in [-0.4, -0.2) is 41.2 Å². The van der Waals surface area contributed by atoms with Crippen LogP contribution in [-0.2, 0) is 0 Å². The number of halogens is 1. The zero-order valence-corrected chi connectivity index (χ0v) is 13.8. The molecule has 1 saturated heterocycles. The van der Waals surface area contributed by atoms with Crippen molar-refractivity contribution in [2.75, 3.05) is 30.4 Å². The number of nitrogens with zero attached hydrogens (tertiary/aromatic N) is 4. The van der Waals surface area contributed by atoms with E-state index in [1.165, 1.54) is 18.5 Å². The maximum absolute atomic E-state index is 13.3. The van der Waals surface area contributed by atoms with Gasteiger partial charge in [0.25, 0.3) is 6.01 Å². The number of ether oxygens (including phenoxy) is 1. The van der Waals surface area contributed by atoms with Gasteiger partial charge in [-0.1, -0.05) is 0 Å². The molecule has 3 aromatic rings. The van der Waals surface area contributed by atoms with Crippen LogP contribution < -0.4 is 15.0 Å². The molecule has 0 spiro atoms. The standard InChI is InChI=1S/C17H18FN5O2/c1-24-16-9-15(19-10-20-16)21-12-4-6-23(7-5-12)17-22-13-8-11(18)2-3-14(13)25-17/h2-3,8-10,12H,4-7H2,1H3,(H,19,20,21). The molecule has 1 N–H and O–H groups in total. The molecule has 1 aliphatic heterocycles. The first-order valence-corrected chi connectivity index (χ1v) is 8.15. The van der Waals surface area contributed by atoms with Crippen LogP contribution in [0.4, 0.5) is 16.2 Å². The highest BCUT2D eigenvalue weighted by Gasteiger charge is 2.23. The largest absolute Gasteiger partial charge is 0.481 e. The van der Waals surface area contributed by atoms with E-state index < -0.39 is 0 Å². The third-order valence-electron chi connectivity index (χ3n) is 4.31. The lowest BCUT2D eigenvalue weighted by molar-refractivity contribution is 0.397. The van der Waals surface area contributed by atoms with E-state index in [1.54, 1.807) is 19.2 Å². The first kappa shape index (κ1) is 15.6. The maximum atomic E-state index is 13.3. The number of anilines is 2. The van der Waals surface area contributed by atoms with Crippen molar-refractivity contribution < 1.29 is 13.5 Å². The minimum Gasteiger partial charge on any atom is -0.481 e. The quantitative estimate of drug-likeness (QED) is 0.780. The molecule has 4 rings (SSSR count). The molecule has 130 valence electrons. The van der Waals surface area contributed by atoms with E-state index in [4.69, 9.17) is 9.15 Å². The summed E-state index contributed by atoms with van der Waals surface area (Å²) in [4.78, 5) is 14.7. The molecule has 0 atom stereocenters. The number of nitrogens with one attached hydrogen (secondary N) is 1. The van der Waals surface area contributed by atoms with Gasteiger partial charge in [-0.15, -0.1) is 0 Å². The average molecular weight is 343 g/mol. The Morgan fingerprint density at radius 1 is 1.24 bits per heavy atom. The fourth-order valence-electron chi connectivity index (χ4n) is 2.98. The molecule has 2 aromatic heterocycles. The van der Waals surface area contributed by atoms with Gasteiger partial charge in [-0.3, -0.25) is 0 Å². The molecule has 0 bridgehead atoms. The van der Waals surface area contributed by atoms with Gasteiger partial charge in [-0.05, 0) is 25.0 Å². The summed E-state index contributed by atoms with van der Waals surface area (Å²) in [6.45, 7) is 1.60. The van der Waals surface area contributed by atoms with Crippen LogP contribution in [0, 0.1) is 5.82 Å². The van der Waals surface area contributed by atoms with Crippen LogP contribution in [0.2, 0.25) is 0 Å². The zero-order valence-electron chi connectivity index (χ0n) is 13.8. The summed E-state index contributed by atoms with van der Waals surface area (Å²) in [5, 5.41) is 3.40.